The highest BCUT2D eigenvalue weighted by atomic mass is 32.1. The van der Waals surface area contributed by atoms with E-state index in [1.54, 1.807) is 41.7 Å². The third kappa shape index (κ3) is 3.52. The van der Waals surface area contributed by atoms with Crippen LogP contribution < -0.4 is 4.80 Å². The van der Waals surface area contributed by atoms with E-state index >= 15 is 0 Å². The van der Waals surface area contributed by atoms with Gasteiger partial charge in [-0.05, 0) is 42.5 Å². The number of hydrogen-bond donors (Lipinski definition) is 0. The predicted octanol–water partition coefficient (Wildman–Crippen LogP) is 4.46. The molecule has 0 aliphatic rings. The molecule has 1 aromatic carbocycles. The van der Waals surface area contributed by atoms with E-state index < -0.39 is 0 Å². The van der Waals surface area contributed by atoms with Crippen LogP contribution in [0.25, 0.3) is 11.5 Å². The zero-order chi connectivity index (χ0) is 17.8. The first-order valence-corrected chi connectivity index (χ1v) is 8.67. The molecule has 0 unspecified atom stereocenters. The Kier molecular flexibility index (Phi) is 4.53. The van der Waals surface area contributed by atoms with Crippen LogP contribution in [0.15, 0.2) is 87.1 Å². The highest BCUT2D eigenvalue weighted by Gasteiger charge is 2.10. The highest BCUT2D eigenvalue weighted by Crippen LogP contribution is 2.21. The van der Waals surface area contributed by atoms with Gasteiger partial charge in [0.2, 0.25) is 4.80 Å². The van der Waals surface area contributed by atoms with Gasteiger partial charge in [-0.1, -0.05) is 6.07 Å². The van der Waals surface area contributed by atoms with Gasteiger partial charge in [-0.15, -0.1) is 11.3 Å². The van der Waals surface area contributed by atoms with Gasteiger partial charge < -0.3 is 4.42 Å². The molecule has 7 heteroatoms. The van der Waals surface area contributed by atoms with Crippen molar-refractivity contribution in [1.82, 2.24) is 9.66 Å². The minimum Gasteiger partial charge on any atom is -0.463 e. The standard InChI is InChI=1S/C19H13FN4OS/c20-15-5-7-16(8-6-15)23-19-24(22-12-14-3-1-9-21-11-14)17(13-26-19)18-4-2-10-25-18/h1-13H. The maximum Gasteiger partial charge on any atom is 0.211 e. The molecule has 0 spiro atoms. The van der Waals surface area contributed by atoms with Crippen LogP contribution >= 0.6 is 11.3 Å². The molecule has 5 nitrogen and oxygen atoms in total. The molecule has 0 atom stereocenters. The number of rotatable bonds is 4. The number of nitrogens with zero attached hydrogens (tertiary/aromatic N) is 4. The Labute approximate surface area is 152 Å². The third-order valence-corrected chi connectivity index (χ3v) is 4.33. The Hall–Kier alpha value is -3.32. The average Bonchev–Trinajstić information content (AvgIpc) is 3.32. The first kappa shape index (κ1) is 16.2. The SMILES string of the molecule is Fc1ccc(N=c2scc(-c3ccco3)n2N=Cc2cccnc2)cc1. The molecule has 0 saturated heterocycles. The van der Waals surface area contributed by atoms with Crippen LogP contribution in [0.5, 0.6) is 0 Å². The lowest BCUT2D eigenvalue weighted by atomic mass is 10.3. The molecule has 128 valence electrons. The second kappa shape index (κ2) is 7.28. The van der Waals surface area contributed by atoms with Gasteiger partial charge in [0.05, 0.1) is 18.2 Å². The Morgan fingerprint density at radius 2 is 2.00 bits per heavy atom. The number of benzene rings is 1. The molecule has 3 heterocycles. The van der Waals surface area contributed by atoms with E-state index in [1.807, 2.05) is 29.6 Å². The van der Waals surface area contributed by atoms with Crippen LogP contribution in [0.3, 0.4) is 0 Å². The molecule has 0 saturated carbocycles. The van der Waals surface area contributed by atoms with Gasteiger partial charge in [0.15, 0.2) is 5.76 Å². The second-order valence-corrected chi connectivity index (χ2v) is 6.15. The van der Waals surface area contributed by atoms with Gasteiger partial charge in [-0.25, -0.2) is 14.1 Å². The maximum absolute atomic E-state index is 13.1. The average molecular weight is 364 g/mol. The van der Waals surface area contributed by atoms with Crippen molar-refractivity contribution in [2.75, 3.05) is 0 Å². The summed E-state index contributed by atoms with van der Waals surface area (Å²) in [5.41, 5.74) is 2.29. The Balaban J connectivity index is 1.82. The van der Waals surface area contributed by atoms with Crippen molar-refractivity contribution < 1.29 is 8.81 Å². The topological polar surface area (TPSA) is 55.7 Å². The minimum atomic E-state index is -0.297. The smallest absolute Gasteiger partial charge is 0.211 e. The fourth-order valence-corrected chi connectivity index (χ4v) is 3.12. The van der Waals surface area contributed by atoms with Crippen molar-refractivity contribution in [3.63, 3.8) is 0 Å². The second-order valence-electron chi connectivity index (χ2n) is 5.31. The van der Waals surface area contributed by atoms with E-state index in [2.05, 4.69) is 15.1 Å². The maximum atomic E-state index is 13.1. The van der Waals surface area contributed by atoms with Crippen molar-refractivity contribution in [2.45, 2.75) is 0 Å². The predicted molar refractivity (Wildman–Crippen MR) is 98.9 cm³/mol. The molecule has 0 N–H and O–H groups in total. The van der Waals surface area contributed by atoms with Crippen LogP contribution in [0.2, 0.25) is 0 Å². The van der Waals surface area contributed by atoms with E-state index in [0.29, 0.717) is 16.2 Å². The van der Waals surface area contributed by atoms with Gasteiger partial charge in [-0.2, -0.15) is 5.10 Å². The Morgan fingerprint density at radius 1 is 1.12 bits per heavy atom. The summed E-state index contributed by atoms with van der Waals surface area (Å²) < 4.78 is 20.3. The third-order valence-electron chi connectivity index (χ3n) is 3.52. The number of furan rings is 1. The van der Waals surface area contributed by atoms with Gasteiger partial charge >= 0.3 is 0 Å². The molecular weight excluding hydrogens is 351 g/mol. The molecule has 4 rings (SSSR count). The minimum absolute atomic E-state index is 0.297. The van der Waals surface area contributed by atoms with Crippen molar-refractivity contribution in [3.8, 4) is 11.5 Å². The van der Waals surface area contributed by atoms with Crippen LogP contribution in [0.4, 0.5) is 10.1 Å². The molecule has 0 aliphatic carbocycles. The molecule has 26 heavy (non-hydrogen) atoms. The summed E-state index contributed by atoms with van der Waals surface area (Å²) in [6, 6.07) is 13.4. The Morgan fingerprint density at radius 3 is 2.73 bits per heavy atom. The number of pyridine rings is 1. The first-order valence-electron chi connectivity index (χ1n) is 7.79. The summed E-state index contributed by atoms with van der Waals surface area (Å²) in [6.45, 7) is 0. The van der Waals surface area contributed by atoms with Crippen molar-refractivity contribution in [1.29, 1.82) is 0 Å². The van der Waals surface area contributed by atoms with Gasteiger partial charge in [0.25, 0.3) is 0 Å². The van der Waals surface area contributed by atoms with E-state index in [-0.39, 0.29) is 5.82 Å². The first-order chi connectivity index (χ1) is 12.8. The van der Waals surface area contributed by atoms with Crippen molar-refractivity contribution in [3.05, 3.63) is 88.7 Å². The molecule has 4 aromatic rings. The van der Waals surface area contributed by atoms with Crippen LogP contribution in [-0.4, -0.2) is 15.9 Å². The van der Waals surface area contributed by atoms with Crippen LogP contribution in [0.1, 0.15) is 5.56 Å². The number of thiazole rings is 1. The fourth-order valence-electron chi connectivity index (χ4n) is 2.29. The molecule has 3 aromatic heterocycles. The lowest BCUT2D eigenvalue weighted by Crippen LogP contribution is -2.11. The molecule has 0 fully saturated rings. The summed E-state index contributed by atoms with van der Waals surface area (Å²) in [5.74, 6) is 0.388. The molecule has 0 amide bonds. The quantitative estimate of drug-likeness (QED) is 0.502. The molecular formula is C19H13FN4OS. The molecule has 0 bridgehead atoms. The van der Waals surface area contributed by atoms with E-state index in [0.717, 1.165) is 11.3 Å². The monoisotopic (exact) mass is 364 g/mol. The molecule has 0 radical (unpaired) electrons. The number of halogens is 1. The van der Waals surface area contributed by atoms with E-state index in [1.165, 1.54) is 23.5 Å². The van der Waals surface area contributed by atoms with Crippen molar-refractivity contribution >= 4 is 23.2 Å². The molecule has 0 aliphatic heterocycles. The van der Waals surface area contributed by atoms with Crippen molar-refractivity contribution in [2.24, 2.45) is 10.1 Å². The van der Waals surface area contributed by atoms with Gasteiger partial charge in [0.1, 0.15) is 11.5 Å². The van der Waals surface area contributed by atoms with E-state index in [9.17, 15) is 4.39 Å². The highest BCUT2D eigenvalue weighted by molar-refractivity contribution is 7.07. The fraction of sp³-hybridized carbons (Fsp3) is 0. The summed E-state index contributed by atoms with van der Waals surface area (Å²) in [7, 11) is 0. The normalized spacial score (nSPS) is 12.1. The zero-order valence-electron chi connectivity index (χ0n) is 13.5. The summed E-state index contributed by atoms with van der Waals surface area (Å²) in [5, 5.41) is 6.46. The van der Waals surface area contributed by atoms with Gasteiger partial charge in [-0.3, -0.25) is 4.98 Å². The van der Waals surface area contributed by atoms with E-state index in [4.69, 9.17) is 4.42 Å². The summed E-state index contributed by atoms with van der Waals surface area (Å²) >= 11 is 1.42. The Bertz CT molecular complexity index is 1080. The lowest BCUT2D eigenvalue weighted by Gasteiger charge is -2.00. The lowest BCUT2D eigenvalue weighted by molar-refractivity contribution is 0.575. The summed E-state index contributed by atoms with van der Waals surface area (Å²) in [6.07, 6.45) is 6.74. The summed E-state index contributed by atoms with van der Waals surface area (Å²) in [4.78, 5) is 9.29. The number of hydrogen-bond acceptors (Lipinski definition) is 5. The zero-order valence-corrected chi connectivity index (χ0v) is 14.3. The van der Waals surface area contributed by atoms with Crippen LogP contribution in [-0.2, 0) is 0 Å². The number of aromatic nitrogens is 2. The van der Waals surface area contributed by atoms with Gasteiger partial charge in [0, 0.05) is 23.3 Å². The largest absolute Gasteiger partial charge is 0.463 e. The van der Waals surface area contributed by atoms with Crippen LogP contribution in [0, 0.1) is 5.82 Å².